The molecule has 3 rings (SSSR count). The molecular formula is C24H33IN2O. The number of halogens is 1. The maximum absolute atomic E-state index is 13.1. The Kier molecular flexibility index (Phi) is 6.38. The Morgan fingerprint density at radius 2 is 1.79 bits per heavy atom. The summed E-state index contributed by atoms with van der Waals surface area (Å²) in [6.45, 7) is 13.6. The molecule has 3 nitrogen and oxygen atoms in total. The first-order valence-electron chi connectivity index (χ1n) is 10.4. The second-order valence-corrected chi connectivity index (χ2v) is 11.3. The van der Waals surface area contributed by atoms with E-state index in [1.54, 1.807) is 0 Å². The largest absolute Gasteiger partial charge is 0.294 e. The molecular weight excluding hydrogens is 459 g/mol. The van der Waals surface area contributed by atoms with Crippen LogP contribution in [0.15, 0.2) is 24.3 Å². The van der Waals surface area contributed by atoms with E-state index in [9.17, 15) is 4.79 Å². The summed E-state index contributed by atoms with van der Waals surface area (Å²) in [4.78, 5) is 13.1. The van der Waals surface area contributed by atoms with Crippen molar-refractivity contribution in [2.75, 3.05) is 0 Å². The fourth-order valence-corrected chi connectivity index (χ4v) is 4.89. The van der Waals surface area contributed by atoms with Gasteiger partial charge < -0.3 is 0 Å². The Bertz CT molecular complexity index is 843. The van der Waals surface area contributed by atoms with Gasteiger partial charge in [-0.15, -0.1) is 0 Å². The predicted octanol–water partition coefficient (Wildman–Crippen LogP) is 6.49. The van der Waals surface area contributed by atoms with E-state index in [-0.39, 0.29) is 11.2 Å². The summed E-state index contributed by atoms with van der Waals surface area (Å²) in [7, 11) is 0. The van der Waals surface area contributed by atoms with Crippen LogP contribution in [0.2, 0.25) is 0 Å². The van der Waals surface area contributed by atoms with Gasteiger partial charge in [-0.1, -0.05) is 41.5 Å². The van der Waals surface area contributed by atoms with E-state index in [0.29, 0.717) is 24.2 Å². The highest BCUT2D eigenvalue weighted by Gasteiger charge is 2.34. The second-order valence-electron chi connectivity index (χ2n) is 10.1. The summed E-state index contributed by atoms with van der Waals surface area (Å²) in [6.07, 6.45) is 3.59. The van der Waals surface area contributed by atoms with Gasteiger partial charge in [-0.25, -0.2) is 4.68 Å². The van der Waals surface area contributed by atoms with E-state index in [4.69, 9.17) is 5.10 Å². The number of hydrogen-bond acceptors (Lipinski definition) is 2. The summed E-state index contributed by atoms with van der Waals surface area (Å²) in [6, 6.07) is 8.44. The molecule has 2 atom stereocenters. The van der Waals surface area contributed by atoms with Gasteiger partial charge in [0, 0.05) is 9.99 Å². The van der Waals surface area contributed by atoms with E-state index in [1.165, 1.54) is 3.57 Å². The minimum absolute atomic E-state index is 0.283. The van der Waals surface area contributed by atoms with Crippen LogP contribution in [0.4, 0.5) is 0 Å². The Labute approximate surface area is 183 Å². The van der Waals surface area contributed by atoms with Gasteiger partial charge in [0.2, 0.25) is 0 Å². The first-order chi connectivity index (χ1) is 13.0. The summed E-state index contributed by atoms with van der Waals surface area (Å²) in [5, 5.41) is 5.00. The predicted molar refractivity (Wildman–Crippen MR) is 124 cm³/mol. The monoisotopic (exact) mass is 492 g/mol. The molecule has 1 aromatic heterocycles. The van der Waals surface area contributed by atoms with E-state index in [0.717, 1.165) is 41.9 Å². The number of hydrogen-bond donors (Lipinski definition) is 0. The molecule has 152 valence electrons. The molecule has 4 heteroatoms. The molecule has 1 aromatic carbocycles. The van der Waals surface area contributed by atoms with Crippen LogP contribution in [0.3, 0.4) is 0 Å². The summed E-state index contributed by atoms with van der Waals surface area (Å²) < 4.78 is 3.26. The Hall–Kier alpha value is -1.17. The molecule has 2 aromatic rings. The number of carbonyl (C=O) groups excluding carboxylic acids is 1. The first-order valence-corrected chi connectivity index (χ1v) is 11.5. The topological polar surface area (TPSA) is 34.9 Å². The van der Waals surface area contributed by atoms with Gasteiger partial charge in [0.25, 0.3) is 0 Å². The van der Waals surface area contributed by atoms with Crippen LogP contribution in [0, 0.1) is 26.7 Å². The molecule has 0 N–H and O–H groups in total. The van der Waals surface area contributed by atoms with Gasteiger partial charge in [0.15, 0.2) is 5.78 Å². The lowest BCUT2D eigenvalue weighted by Gasteiger charge is -2.26. The zero-order valence-corrected chi connectivity index (χ0v) is 20.2. The van der Waals surface area contributed by atoms with Crippen molar-refractivity contribution in [3.8, 4) is 5.69 Å². The average molecular weight is 492 g/mol. The molecule has 0 spiro atoms. The molecule has 2 unspecified atom stereocenters. The van der Waals surface area contributed by atoms with Crippen molar-refractivity contribution in [3.05, 3.63) is 44.8 Å². The van der Waals surface area contributed by atoms with E-state index in [1.807, 2.05) is 0 Å². The number of ketones is 1. The Morgan fingerprint density at radius 3 is 2.36 bits per heavy atom. The number of benzene rings is 1. The number of carbonyl (C=O) groups is 1. The number of aromatic nitrogens is 2. The zero-order chi connectivity index (χ0) is 20.6. The molecule has 28 heavy (non-hydrogen) atoms. The third-order valence-corrected chi connectivity index (χ3v) is 6.47. The summed E-state index contributed by atoms with van der Waals surface area (Å²) in [5.74, 6) is 1.69. The molecule has 0 radical (unpaired) electrons. The standard InChI is InChI=1S/C24H33IN2O/c1-15(2)17-12-21-23(22(28)13-17)20(11-16(3)14-24(4,5)6)26-27(21)19-9-7-18(25)8-10-19/h7-10,15-17H,11-14H2,1-6H3. The molecule has 0 saturated carbocycles. The molecule has 1 aliphatic carbocycles. The van der Waals surface area contributed by atoms with Crippen LogP contribution >= 0.6 is 22.6 Å². The normalized spacial score (nSPS) is 18.4. The summed E-state index contributed by atoms with van der Waals surface area (Å²) >= 11 is 2.32. The van der Waals surface area contributed by atoms with Crippen molar-refractivity contribution in [2.45, 2.75) is 67.2 Å². The minimum Gasteiger partial charge on any atom is -0.294 e. The van der Waals surface area contributed by atoms with Crippen molar-refractivity contribution >= 4 is 28.4 Å². The summed E-state index contributed by atoms with van der Waals surface area (Å²) in [5.41, 5.74) is 4.37. The molecule has 0 saturated heterocycles. The third-order valence-electron chi connectivity index (χ3n) is 5.75. The maximum Gasteiger partial charge on any atom is 0.166 e. The van der Waals surface area contributed by atoms with Crippen LogP contribution in [0.25, 0.3) is 5.69 Å². The smallest absolute Gasteiger partial charge is 0.166 e. The Morgan fingerprint density at radius 1 is 1.14 bits per heavy atom. The van der Waals surface area contributed by atoms with E-state index in [2.05, 4.69) is 93.1 Å². The highest BCUT2D eigenvalue weighted by molar-refractivity contribution is 14.1. The maximum atomic E-state index is 13.1. The van der Waals surface area contributed by atoms with Gasteiger partial charge in [-0.05, 0) is 89.3 Å². The fourth-order valence-electron chi connectivity index (χ4n) is 4.53. The fraction of sp³-hybridized carbons (Fsp3) is 0.583. The van der Waals surface area contributed by atoms with Crippen molar-refractivity contribution in [2.24, 2.45) is 23.2 Å². The molecule has 0 aliphatic heterocycles. The average Bonchev–Trinajstić information content (AvgIpc) is 2.92. The quantitative estimate of drug-likeness (QED) is 0.447. The second kappa shape index (κ2) is 8.29. The number of Topliss-reactive ketones (excluding diaryl/α,β-unsaturated/α-hetero) is 1. The molecule has 1 aliphatic rings. The molecule has 0 fully saturated rings. The number of rotatable bonds is 5. The van der Waals surface area contributed by atoms with Crippen LogP contribution in [0.1, 0.15) is 76.1 Å². The van der Waals surface area contributed by atoms with Crippen molar-refractivity contribution in [1.82, 2.24) is 9.78 Å². The Balaban J connectivity index is 2.03. The minimum atomic E-state index is 0.283. The van der Waals surface area contributed by atoms with Crippen molar-refractivity contribution in [1.29, 1.82) is 0 Å². The van der Waals surface area contributed by atoms with Crippen LogP contribution in [0.5, 0.6) is 0 Å². The third kappa shape index (κ3) is 4.87. The molecule has 0 amide bonds. The van der Waals surface area contributed by atoms with Gasteiger partial charge in [-0.3, -0.25) is 4.79 Å². The van der Waals surface area contributed by atoms with Crippen LogP contribution in [-0.2, 0) is 12.8 Å². The highest BCUT2D eigenvalue weighted by atomic mass is 127. The lowest BCUT2D eigenvalue weighted by atomic mass is 9.78. The van der Waals surface area contributed by atoms with Crippen molar-refractivity contribution in [3.63, 3.8) is 0 Å². The highest BCUT2D eigenvalue weighted by Crippen LogP contribution is 2.35. The van der Waals surface area contributed by atoms with Gasteiger partial charge >= 0.3 is 0 Å². The van der Waals surface area contributed by atoms with Crippen molar-refractivity contribution < 1.29 is 4.79 Å². The lowest BCUT2D eigenvalue weighted by molar-refractivity contribution is 0.0931. The number of fused-ring (bicyclic) bond motifs is 1. The van der Waals surface area contributed by atoms with E-state index >= 15 is 0 Å². The van der Waals surface area contributed by atoms with Gasteiger partial charge in [0.1, 0.15) is 0 Å². The molecule has 1 heterocycles. The van der Waals surface area contributed by atoms with Crippen LogP contribution < -0.4 is 0 Å². The van der Waals surface area contributed by atoms with Gasteiger partial charge in [0.05, 0.1) is 22.6 Å². The number of nitrogens with zero attached hydrogens (tertiary/aromatic N) is 2. The first kappa shape index (κ1) is 21.5. The zero-order valence-electron chi connectivity index (χ0n) is 18.1. The van der Waals surface area contributed by atoms with Gasteiger partial charge in [-0.2, -0.15) is 5.10 Å². The molecule has 0 bridgehead atoms. The SMILES string of the molecule is CC(Cc1nn(-c2ccc(I)cc2)c2c1C(=O)CC(C(C)C)C2)CC(C)(C)C. The van der Waals surface area contributed by atoms with Crippen LogP contribution in [-0.4, -0.2) is 15.6 Å². The lowest BCUT2D eigenvalue weighted by Crippen LogP contribution is -2.25. The van der Waals surface area contributed by atoms with E-state index < -0.39 is 0 Å².